The SMILES string of the molecule is O=C(Oc1c(-c2cccc(Cl)c2)oc2ccc(Br)cc12)c1cccc(Cl)c1. The van der Waals surface area contributed by atoms with Gasteiger partial charge in [-0.2, -0.15) is 0 Å². The molecule has 0 aliphatic carbocycles. The second-order valence-electron chi connectivity index (χ2n) is 5.81. The Morgan fingerprint density at radius 1 is 0.926 bits per heavy atom. The number of carbonyl (C=O) groups excluding carboxylic acids is 1. The highest BCUT2D eigenvalue weighted by Gasteiger charge is 2.21. The lowest BCUT2D eigenvalue weighted by Crippen LogP contribution is -2.08. The summed E-state index contributed by atoms with van der Waals surface area (Å²) in [6.07, 6.45) is 0. The minimum atomic E-state index is -0.525. The molecule has 0 aliphatic heterocycles. The lowest BCUT2D eigenvalue weighted by molar-refractivity contribution is 0.0736. The normalized spacial score (nSPS) is 10.9. The fourth-order valence-corrected chi connectivity index (χ4v) is 3.48. The Bertz CT molecular complexity index is 1170. The summed E-state index contributed by atoms with van der Waals surface area (Å²) in [5, 5.41) is 1.69. The number of carbonyl (C=O) groups is 1. The molecule has 0 fully saturated rings. The highest BCUT2D eigenvalue weighted by molar-refractivity contribution is 9.10. The Morgan fingerprint density at radius 3 is 2.41 bits per heavy atom. The van der Waals surface area contributed by atoms with E-state index in [1.54, 1.807) is 36.4 Å². The van der Waals surface area contributed by atoms with Crippen LogP contribution in [0.15, 0.2) is 75.6 Å². The second-order valence-corrected chi connectivity index (χ2v) is 7.60. The largest absolute Gasteiger partial charge is 0.452 e. The molecule has 3 aromatic carbocycles. The minimum Gasteiger partial charge on any atom is -0.452 e. The molecule has 0 bridgehead atoms. The van der Waals surface area contributed by atoms with Crippen LogP contribution < -0.4 is 4.74 Å². The second kappa shape index (κ2) is 7.39. The van der Waals surface area contributed by atoms with Crippen molar-refractivity contribution in [3.8, 4) is 17.1 Å². The number of fused-ring (bicyclic) bond motifs is 1. The zero-order valence-corrected chi connectivity index (χ0v) is 16.8. The molecule has 0 amide bonds. The third-order valence-electron chi connectivity index (χ3n) is 3.95. The third-order valence-corrected chi connectivity index (χ3v) is 4.91. The van der Waals surface area contributed by atoms with E-state index in [1.807, 2.05) is 30.3 Å². The van der Waals surface area contributed by atoms with E-state index in [-0.39, 0.29) is 0 Å². The highest BCUT2D eigenvalue weighted by atomic mass is 79.9. The summed E-state index contributed by atoms with van der Waals surface area (Å²) in [4.78, 5) is 12.7. The molecule has 0 unspecified atom stereocenters. The van der Waals surface area contributed by atoms with Crippen molar-refractivity contribution in [2.75, 3.05) is 0 Å². The Balaban J connectivity index is 1.85. The number of esters is 1. The van der Waals surface area contributed by atoms with Crippen molar-refractivity contribution in [3.05, 3.63) is 86.8 Å². The molecule has 6 heteroatoms. The summed E-state index contributed by atoms with van der Waals surface area (Å²) < 4.78 is 12.5. The number of benzene rings is 3. The van der Waals surface area contributed by atoms with Crippen molar-refractivity contribution in [2.45, 2.75) is 0 Å². The summed E-state index contributed by atoms with van der Waals surface area (Å²) in [6, 6.07) is 19.3. The summed E-state index contributed by atoms with van der Waals surface area (Å²) in [5.41, 5.74) is 1.66. The fraction of sp³-hybridized carbons (Fsp3) is 0. The van der Waals surface area contributed by atoms with Gasteiger partial charge in [-0.05, 0) is 48.5 Å². The molecule has 4 rings (SSSR count). The smallest absolute Gasteiger partial charge is 0.343 e. The van der Waals surface area contributed by atoms with Crippen LogP contribution in [0.25, 0.3) is 22.3 Å². The number of rotatable bonds is 3. The standard InChI is InChI=1S/C21H11BrCl2O3/c22-14-7-8-18-17(11-14)20(19(26-18)12-3-1-5-15(23)9-12)27-21(25)13-4-2-6-16(24)10-13/h1-11H. The molecule has 0 saturated heterocycles. The van der Waals surface area contributed by atoms with Gasteiger partial charge in [0.2, 0.25) is 0 Å². The van der Waals surface area contributed by atoms with Crippen LogP contribution in [0.4, 0.5) is 0 Å². The van der Waals surface area contributed by atoms with Gasteiger partial charge < -0.3 is 9.15 Å². The summed E-state index contributed by atoms with van der Waals surface area (Å²) in [6.45, 7) is 0. The zero-order chi connectivity index (χ0) is 19.0. The molecule has 0 N–H and O–H groups in total. The van der Waals surface area contributed by atoms with Gasteiger partial charge in [-0.1, -0.05) is 57.3 Å². The average Bonchev–Trinajstić information content (AvgIpc) is 2.99. The maximum Gasteiger partial charge on any atom is 0.343 e. The van der Waals surface area contributed by atoms with Crippen LogP contribution in [0.5, 0.6) is 5.75 Å². The van der Waals surface area contributed by atoms with Gasteiger partial charge in [-0.25, -0.2) is 4.79 Å². The van der Waals surface area contributed by atoms with E-state index in [9.17, 15) is 4.79 Å². The van der Waals surface area contributed by atoms with E-state index >= 15 is 0 Å². The van der Waals surface area contributed by atoms with Gasteiger partial charge in [0.15, 0.2) is 11.5 Å². The van der Waals surface area contributed by atoms with Gasteiger partial charge in [-0.15, -0.1) is 0 Å². The quantitative estimate of drug-likeness (QED) is 0.298. The molecule has 1 heterocycles. The summed E-state index contributed by atoms with van der Waals surface area (Å²) >= 11 is 15.5. The van der Waals surface area contributed by atoms with Gasteiger partial charge >= 0.3 is 5.97 Å². The van der Waals surface area contributed by atoms with Crippen molar-refractivity contribution in [2.24, 2.45) is 0 Å². The van der Waals surface area contributed by atoms with Crippen LogP contribution in [0, 0.1) is 0 Å². The van der Waals surface area contributed by atoms with Crippen LogP contribution in [0.1, 0.15) is 10.4 Å². The van der Waals surface area contributed by atoms with E-state index in [2.05, 4.69) is 15.9 Å². The highest BCUT2D eigenvalue weighted by Crippen LogP contribution is 2.42. The van der Waals surface area contributed by atoms with Crippen molar-refractivity contribution in [1.82, 2.24) is 0 Å². The van der Waals surface area contributed by atoms with Gasteiger partial charge in [0.1, 0.15) is 5.58 Å². The zero-order valence-electron chi connectivity index (χ0n) is 13.7. The van der Waals surface area contributed by atoms with E-state index < -0.39 is 5.97 Å². The Morgan fingerprint density at radius 2 is 1.67 bits per heavy atom. The molecular weight excluding hydrogens is 451 g/mol. The Hall–Kier alpha value is -2.27. The van der Waals surface area contributed by atoms with Gasteiger partial charge in [0.05, 0.1) is 10.9 Å². The molecule has 0 saturated carbocycles. The number of ether oxygens (including phenoxy) is 1. The first-order valence-corrected chi connectivity index (χ1v) is 9.52. The molecule has 0 radical (unpaired) electrons. The predicted octanol–water partition coefficient (Wildman–Crippen LogP) is 7.39. The van der Waals surface area contributed by atoms with Crippen LogP contribution in [-0.2, 0) is 0 Å². The van der Waals surface area contributed by atoms with E-state index in [0.29, 0.717) is 43.7 Å². The molecule has 0 aliphatic rings. The van der Waals surface area contributed by atoms with E-state index in [1.165, 1.54) is 0 Å². The van der Waals surface area contributed by atoms with Crippen molar-refractivity contribution >= 4 is 56.1 Å². The Kier molecular flexibility index (Phi) is 4.96. The first-order valence-electron chi connectivity index (χ1n) is 7.97. The maximum atomic E-state index is 12.7. The lowest BCUT2D eigenvalue weighted by Gasteiger charge is -2.06. The van der Waals surface area contributed by atoms with E-state index in [4.69, 9.17) is 32.4 Å². The fourth-order valence-electron chi connectivity index (χ4n) is 2.74. The summed E-state index contributed by atoms with van der Waals surface area (Å²) in [5.74, 6) is 0.239. The topological polar surface area (TPSA) is 39.4 Å². The molecule has 1 aromatic heterocycles. The number of furan rings is 1. The molecule has 4 aromatic rings. The van der Waals surface area contributed by atoms with Crippen LogP contribution in [0.2, 0.25) is 10.0 Å². The van der Waals surface area contributed by atoms with Crippen molar-refractivity contribution in [1.29, 1.82) is 0 Å². The van der Waals surface area contributed by atoms with Gasteiger partial charge in [0, 0.05) is 20.1 Å². The molecular formula is C21H11BrCl2O3. The van der Waals surface area contributed by atoms with Gasteiger partial charge in [-0.3, -0.25) is 0 Å². The third kappa shape index (κ3) is 3.74. The first kappa shape index (κ1) is 18.1. The molecule has 3 nitrogen and oxygen atoms in total. The molecule has 27 heavy (non-hydrogen) atoms. The predicted molar refractivity (Wildman–Crippen MR) is 111 cm³/mol. The molecule has 0 atom stereocenters. The lowest BCUT2D eigenvalue weighted by atomic mass is 10.1. The van der Waals surface area contributed by atoms with Crippen LogP contribution in [0.3, 0.4) is 0 Å². The summed E-state index contributed by atoms with van der Waals surface area (Å²) in [7, 11) is 0. The monoisotopic (exact) mass is 460 g/mol. The van der Waals surface area contributed by atoms with Crippen molar-refractivity contribution < 1.29 is 13.9 Å². The average molecular weight is 462 g/mol. The molecule has 134 valence electrons. The van der Waals surface area contributed by atoms with Crippen molar-refractivity contribution in [3.63, 3.8) is 0 Å². The van der Waals surface area contributed by atoms with Crippen LogP contribution in [-0.4, -0.2) is 5.97 Å². The number of halogens is 3. The number of hydrogen-bond donors (Lipinski definition) is 0. The van der Waals surface area contributed by atoms with E-state index in [0.717, 1.165) is 4.47 Å². The molecule has 0 spiro atoms. The Labute approximate surface area is 173 Å². The van der Waals surface area contributed by atoms with Gasteiger partial charge in [0.25, 0.3) is 0 Å². The number of hydrogen-bond acceptors (Lipinski definition) is 3. The van der Waals surface area contributed by atoms with Crippen LogP contribution >= 0.6 is 39.1 Å². The maximum absolute atomic E-state index is 12.7. The first-order chi connectivity index (χ1) is 13.0. The minimum absolute atomic E-state index is 0.332.